The van der Waals surface area contributed by atoms with E-state index in [9.17, 15) is 4.79 Å². The number of anilines is 1. The molecule has 3 nitrogen and oxygen atoms in total. The highest BCUT2D eigenvalue weighted by molar-refractivity contribution is 9.10. The van der Waals surface area contributed by atoms with Gasteiger partial charge in [0.05, 0.1) is 12.5 Å². The van der Waals surface area contributed by atoms with E-state index in [1.807, 2.05) is 13.1 Å². The summed E-state index contributed by atoms with van der Waals surface area (Å²) in [5.41, 5.74) is 5.60. The smallest absolute Gasteiger partial charge is 0.228 e. The molecule has 2 aromatic rings. The highest BCUT2D eigenvalue weighted by Crippen LogP contribution is 2.32. The standard InChI is InChI=1S/C17H17BrN2O/c1-10-3-5-14(18)13(7-10)17(19-2)11-4-6-15-12(8-11)9-16(21)20-15/h3-8,17,19H,9H2,1-2H3,(H,20,21). The Labute approximate surface area is 132 Å². The molecule has 4 heteroatoms. The molecule has 1 heterocycles. The Kier molecular flexibility index (Phi) is 3.83. The van der Waals surface area contributed by atoms with Gasteiger partial charge in [0, 0.05) is 10.2 Å². The minimum Gasteiger partial charge on any atom is -0.326 e. The molecule has 1 amide bonds. The molecule has 1 aliphatic heterocycles. The zero-order chi connectivity index (χ0) is 15.0. The number of carbonyl (C=O) groups excluding carboxylic acids is 1. The topological polar surface area (TPSA) is 41.1 Å². The number of hydrogen-bond acceptors (Lipinski definition) is 2. The van der Waals surface area contributed by atoms with Gasteiger partial charge in [0.25, 0.3) is 0 Å². The van der Waals surface area contributed by atoms with Gasteiger partial charge in [-0.2, -0.15) is 0 Å². The van der Waals surface area contributed by atoms with Crippen LogP contribution in [0.2, 0.25) is 0 Å². The molecule has 2 aromatic carbocycles. The van der Waals surface area contributed by atoms with Gasteiger partial charge in [0.2, 0.25) is 5.91 Å². The maximum atomic E-state index is 11.5. The summed E-state index contributed by atoms with van der Waals surface area (Å²) in [4.78, 5) is 11.5. The SMILES string of the molecule is CNC(c1ccc2c(c1)CC(=O)N2)c1cc(C)ccc1Br. The van der Waals surface area contributed by atoms with Gasteiger partial charge < -0.3 is 10.6 Å². The summed E-state index contributed by atoms with van der Waals surface area (Å²) in [5.74, 6) is 0.0693. The van der Waals surface area contributed by atoms with Crippen molar-refractivity contribution in [2.24, 2.45) is 0 Å². The largest absolute Gasteiger partial charge is 0.326 e. The van der Waals surface area contributed by atoms with Gasteiger partial charge in [-0.1, -0.05) is 45.8 Å². The van der Waals surface area contributed by atoms with E-state index in [4.69, 9.17) is 0 Å². The lowest BCUT2D eigenvalue weighted by molar-refractivity contribution is -0.115. The van der Waals surface area contributed by atoms with Crippen LogP contribution in [0.25, 0.3) is 0 Å². The minimum absolute atomic E-state index is 0.0693. The Morgan fingerprint density at radius 3 is 2.81 bits per heavy atom. The minimum atomic E-state index is 0.0693. The van der Waals surface area contributed by atoms with Crippen LogP contribution >= 0.6 is 15.9 Å². The van der Waals surface area contributed by atoms with Crippen LogP contribution in [0.5, 0.6) is 0 Å². The van der Waals surface area contributed by atoms with Crippen molar-refractivity contribution >= 4 is 27.5 Å². The van der Waals surface area contributed by atoms with E-state index in [2.05, 4.69) is 63.8 Å². The third-order valence-corrected chi connectivity index (χ3v) is 4.56. The number of rotatable bonds is 3. The van der Waals surface area contributed by atoms with E-state index in [0.29, 0.717) is 6.42 Å². The van der Waals surface area contributed by atoms with Crippen LogP contribution in [0.4, 0.5) is 5.69 Å². The fraction of sp³-hybridized carbons (Fsp3) is 0.235. The van der Waals surface area contributed by atoms with Gasteiger partial charge in [-0.25, -0.2) is 0 Å². The molecule has 0 aromatic heterocycles. The van der Waals surface area contributed by atoms with Crippen molar-refractivity contribution in [1.82, 2.24) is 5.32 Å². The molecule has 3 rings (SSSR count). The van der Waals surface area contributed by atoms with E-state index >= 15 is 0 Å². The van der Waals surface area contributed by atoms with E-state index in [1.54, 1.807) is 0 Å². The van der Waals surface area contributed by atoms with Crippen molar-refractivity contribution in [2.75, 3.05) is 12.4 Å². The number of amides is 1. The molecule has 108 valence electrons. The van der Waals surface area contributed by atoms with E-state index in [-0.39, 0.29) is 11.9 Å². The van der Waals surface area contributed by atoms with Crippen LogP contribution in [0, 0.1) is 6.92 Å². The first kappa shape index (κ1) is 14.3. The molecule has 1 aliphatic rings. The van der Waals surface area contributed by atoms with Gasteiger partial charge in [0.1, 0.15) is 0 Å². The Bertz CT molecular complexity index is 712. The molecule has 1 atom stereocenters. The first-order chi connectivity index (χ1) is 10.1. The van der Waals surface area contributed by atoms with Crippen LogP contribution in [-0.4, -0.2) is 13.0 Å². The second-order valence-corrected chi connectivity index (χ2v) is 6.24. The summed E-state index contributed by atoms with van der Waals surface area (Å²) in [6.07, 6.45) is 0.467. The number of fused-ring (bicyclic) bond motifs is 1. The van der Waals surface area contributed by atoms with Crippen LogP contribution in [-0.2, 0) is 11.2 Å². The fourth-order valence-corrected chi connectivity index (χ4v) is 3.29. The first-order valence-electron chi connectivity index (χ1n) is 6.94. The average molecular weight is 345 g/mol. The normalized spacial score (nSPS) is 14.7. The predicted octanol–water partition coefficient (Wildman–Crippen LogP) is 3.56. The Morgan fingerprint density at radius 2 is 2.05 bits per heavy atom. The third-order valence-electron chi connectivity index (χ3n) is 3.84. The monoisotopic (exact) mass is 344 g/mol. The molecule has 21 heavy (non-hydrogen) atoms. The Morgan fingerprint density at radius 1 is 1.24 bits per heavy atom. The van der Waals surface area contributed by atoms with Crippen molar-refractivity contribution in [1.29, 1.82) is 0 Å². The van der Waals surface area contributed by atoms with E-state index < -0.39 is 0 Å². The number of halogens is 1. The molecule has 2 N–H and O–H groups in total. The van der Waals surface area contributed by atoms with Crippen molar-refractivity contribution in [3.05, 3.63) is 63.1 Å². The van der Waals surface area contributed by atoms with Crippen LogP contribution < -0.4 is 10.6 Å². The van der Waals surface area contributed by atoms with E-state index in [0.717, 1.165) is 15.7 Å². The molecule has 0 aliphatic carbocycles. The van der Waals surface area contributed by atoms with Gasteiger partial charge in [0.15, 0.2) is 0 Å². The molecule has 0 saturated heterocycles. The molecule has 0 spiro atoms. The van der Waals surface area contributed by atoms with Crippen LogP contribution in [0.3, 0.4) is 0 Å². The molecular weight excluding hydrogens is 328 g/mol. The van der Waals surface area contributed by atoms with Crippen molar-refractivity contribution in [3.63, 3.8) is 0 Å². The third kappa shape index (κ3) is 2.74. The predicted molar refractivity (Wildman–Crippen MR) is 88.6 cm³/mol. The lowest BCUT2D eigenvalue weighted by Gasteiger charge is -2.20. The maximum absolute atomic E-state index is 11.5. The van der Waals surface area contributed by atoms with E-state index in [1.165, 1.54) is 16.7 Å². The maximum Gasteiger partial charge on any atom is 0.228 e. The second-order valence-electron chi connectivity index (χ2n) is 5.39. The summed E-state index contributed by atoms with van der Waals surface area (Å²) < 4.78 is 1.09. The Balaban J connectivity index is 2.03. The van der Waals surface area contributed by atoms with Crippen LogP contribution in [0.1, 0.15) is 28.3 Å². The molecule has 0 bridgehead atoms. The average Bonchev–Trinajstić information content (AvgIpc) is 2.83. The summed E-state index contributed by atoms with van der Waals surface area (Å²) >= 11 is 3.63. The number of hydrogen-bond donors (Lipinski definition) is 2. The zero-order valence-corrected chi connectivity index (χ0v) is 13.6. The van der Waals surface area contributed by atoms with Crippen molar-refractivity contribution in [2.45, 2.75) is 19.4 Å². The number of aryl methyl sites for hydroxylation is 1. The Hall–Kier alpha value is -1.65. The van der Waals surface area contributed by atoms with Crippen molar-refractivity contribution in [3.8, 4) is 0 Å². The van der Waals surface area contributed by atoms with Crippen LogP contribution in [0.15, 0.2) is 40.9 Å². The highest BCUT2D eigenvalue weighted by Gasteiger charge is 2.21. The summed E-state index contributed by atoms with van der Waals surface area (Å²) in [5, 5.41) is 6.24. The molecule has 0 saturated carbocycles. The lowest BCUT2D eigenvalue weighted by Crippen LogP contribution is -2.18. The van der Waals surface area contributed by atoms with Gasteiger partial charge in [-0.3, -0.25) is 4.79 Å². The molecule has 0 radical (unpaired) electrons. The fourth-order valence-electron chi connectivity index (χ4n) is 2.81. The number of benzene rings is 2. The second kappa shape index (κ2) is 5.62. The van der Waals surface area contributed by atoms with Gasteiger partial charge in [-0.05, 0) is 42.8 Å². The highest BCUT2D eigenvalue weighted by atomic mass is 79.9. The number of carbonyl (C=O) groups is 1. The lowest BCUT2D eigenvalue weighted by atomic mass is 9.95. The zero-order valence-electron chi connectivity index (χ0n) is 12.0. The quantitative estimate of drug-likeness (QED) is 0.893. The first-order valence-corrected chi connectivity index (χ1v) is 7.74. The number of nitrogens with one attached hydrogen (secondary N) is 2. The van der Waals surface area contributed by atoms with Gasteiger partial charge in [-0.15, -0.1) is 0 Å². The van der Waals surface area contributed by atoms with Crippen molar-refractivity contribution < 1.29 is 4.79 Å². The summed E-state index contributed by atoms with van der Waals surface area (Å²) in [6.45, 7) is 2.09. The molecule has 1 unspecified atom stereocenters. The molecule has 0 fully saturated rings. The summed E-state index contributed by atoms with van der Waals surface area (Å²) in [6, 6.07) is 12.6. The molecular formula is C17H17BrN2O. The van der Waals surface area contributed by atoms with Gasteiger partial charge >= 0.3 is 0 Å². The summed E-state index contributed by atoms with van der Waals surface area (Å²) in [7, 11) is 1.95.